The van der Waals surface area contributed by atoms with Gasteiger partial charge in [0.1, 0.15) is 6.10 Å². The van der Waals surface area contributed by atoms with Crippen LogP contribution in [0.5, 0.6) is 0 Å². The van der Waals surface area contributed by atoms with Gasteiger partial charge in [-0.2, -0.15) is 5.26 Å². The van der Waals surface area contributed by atoms with Crippen LogP contribution in [-0.4, -0.2) is 12.7 Å². The highest BCUT2D eigenvalue weighted by atomic mass is 16.5. The third-order valence-electron chi connectivity index (χ3n) is 1.33. The van der Waals surface area contributed by atoms with Gasteiger partial charge in [0.25, 0.3) is 0 Å². The van der Waals surface area contributed by atoms with Gasteiger partial charge in [-0.25, -0.2) is 0 Å². The van der Waals surface area contributed by atoms with Crippen molar-refractivity contribution in [3.63, 3.8) is 0 Å². The molecule has 0 saturated carbocycles. The summed E-state index contributed by atoms with van der Waals surface area (Å²) in [5.74, 6) is 0. The Hall–Kier alpha value is -0.550. The number of ether oxygens (including phenoxy) is 1. The molecule has 0 heterocycles. The fourth-order valence-corrected chi connectivity index (χ4v) is 0.776. The molecule has 0 fully saturated rings. The molecule has 2 nitrogen and oxygen atoms in total. The lowest BCUT2D eigenvalue weighted by molar-refractivity contribution is 0.0937. The van der Waals surface area contributed by atoms with Gasteiger partial charge in [0, 0.05) is 6.61 Å². The first kappa shape index (κ1) is 9.45. The Kier molecular flexibility index (Phi) is 6.21. The lowest BCUT2D eigenvalue weighted by Gasteiger charge is -2.06. The quantitative estimate of drug-likeness (QED) is 0.587. The van der Waals surface area contributed by atoms with Crippen molar-refractivity contribution in [2.24, 2.45) is 0 Å². The van der Waals surface area contributed by atoms with E-state index in [1.807, 2.05) is 6.92 Å². The molecule has 0 aliphatic rings. The lowest BCUT2D eigenvalue weighted by atomic mass is 10.2. The predicted molar refractivity (Wildman–Crippen MR) is 40.6 cm³/mol. The molecule has 0 bridgehead atoms. The zero-order chi connectivity index (χ0) is 7.82. The Balaban J connectivity index is 3.33. The van der Waals surface area contributed by atoms with Crippen molar-refractivity contribution in [3.8, 4) is 6.07 Å². The van der Waals surface area contributed by atoms with E-state index in [-0.39, 0.29) is 6.10 Å². The van der Waals surface area contributed by atoms with Gasteiger partial charge in [0.2, 0.25) is 0 Å². The molecule has 2 heteroatoms. The van der Waals surface area contributed by atoms with Crippen LogP contribution in [0.4, 0.5) is 0 Å². The molecule has 0 spiro atoms. The van der Waals surface area contributed by atoms with E-state index in [2.05, 4.69) is 13.0 Å². The molecule has 0 N–H and O–H groups in total. The van der Waals surface area contributed by atoms with Crippen LogP contribution in [0.1, 0.15) is 33.1 Å². The second-order valence-electron chi connectivity index (χ2n) is 2.22. The van der Waals surface area contributed by atoms with Gasteiger partial charge in [-0.1, -0.05) is 19.8 Å². The molecule has 0 saturated heterocycles. The number of nitriles is 1. The Morgan fingerprint density at radius 2 is 2.20 bits per heavy atom. The van der Waals surface area contributed by atoms with Gasteiger partial charge in [-0.3, -0.25) is 0 Å². The molecule has 1 atom stereocenters. The van der Waals surface area contributed by atoms with E-state index in [1.54, 1.807) is 0 Å². The van der Waals surface area contributed by atoms with Crippen molar-refractivity contribution in [3.05, 3.63) is 0 Å². The first-order valence-electron chi connectivity index (χ1n) is 3.86. The second kappa shape index (κ2) is 6.57. The van der Waals surface area contributed by atoms with Gasteiger partial charge < -0.3 is 4.74 Å². The van der Waals surface area contributed by atoms with E-state index in [9.17, 15) is 0 Å². The number of hydrogen-bond donors (Lipinski definition) is 0. The minimum Gasteiger partial charge on any atom is -0.364 e. The largest absolute Gasteiger partial charge is 0.364 e. The van der Waals surface area contributed by atoms with Crippen molar-refractivity contribution < 1.29 is 4.74 Å². The number of nitrogens with zero attached hydrogens (tertiary/aromatic N) is 1. The van der Waals surface area contributed by atoms with Gasteiger partial charge in [-0.05, 0) is 13.3 Å². The third kappa shape index (κ3) is 4.34. The molecule has 0 rings (SSSR count). The number of rotatable bonds is 5. The summed E-state index contributed by atoms with van der Waals surface area (Å²) in [6.45, 7) is 4.67. The minimum absolute atomic E-state index is 0.176. The van der Waals surface area contributed by atoms with E-state index < -0.39 is 0 Å². The molecule has 58 valence electrons. The van der Waals surface area contributed by atoms with E-state index in [0.717, 1.165) is 19.3 Å². The highest BCUT2D eigenvalue weighted by molar-refractivity contribution is 4.83. The SMILES string of the molecule is CCCCC(C#N)OCC. The minimum atomic E-state index is -0.176. The van der Waals surface area contributed by atoms with Crippen molar-refractivity contribution >= 4 is 0 Å². The fraction of sp³-hybridized carbons (Fsp3) is 0.875. The summed E-state index contributed by atoms with van der Waals surface area (Å²) in [6.07, 6.45) is 2.91. The smallest absolute Gasteiger partial charge is 0.143 e. The Labute approximate surface area is 62.8 Å². The third-order valence-corrected chi connectivity index (χ3v) is 1.33. The van der Waals surface area contributed by atoms with E-state index >= 15 is 0 Å². The van der Waals surface area contributed by atoms with Crippen LogP contribution in [0.15, 0.2) is 0 Å². The van der Waals surface area contributed by atoms with Crippen molar-refractivity contribution in [2.45, 2.75) is 39.2 Å². The Morgan fingerprint density at radius 3 is 2.60 bits per heavy atom. The van der Waals surface area contributed by atoms with Gasteiger partial charge in [0.15, 0.2) is 0 Å². The molecule has 0 aliphatic carbocycles. The van der Waals surface area contributed by atoms with Crippen LogP contribution in [0.3, 0.4) is 0 Å². The molecule has 10 heavy (non-hydrogen) atoms. The average Bonchev–Trinajstić information content (AvgIpc) is 1.98. The zero-order valence-corrected chi connectivity index (χ0v) is 6.76. The molecular formula is C8H15NO. The maximum atomic E-state index is 8.51. The molecule has 0 radical (unpaired) electrons. The summed E-state index contributed by atoms with van der Waals surface area (Å²) in [4.78, 5) is 0. The van der Waals surface area contributed by atoms with Crippen molar-refractivity contribution in [2.75, 3.05) is 6.61 Å². The first-order chi connectivity index (χ1) is 4.85. The summed E-state index contributed by atoms with van der Waals surface area (Å²) in [6, 6.07) is 2.12. The summed E-state index contributed by atoms with van der Waals surface area (Å²) < 4.78 is 5.13. The van der Waals surface area contributed by atoms with E-state index in [1.165, 1.54) is 0 Å². The Morgan fingerprint density at radius 1 is 1.50 bits per heavy atom. The van der Waals surface area contributed by atoms with Gasteiger partial charge >= 0.3 is 0 Å². The number of hydrogen-bond acceptors (Lipinski definition) is 2. The monoisotopic (exact) mass is 141 g/mol. The zero-order valence-electron chi connectivity index (χ0n) is 6.76. The molecule has 1 unspecified atom stereocenters. The molecule has 0 aromatic carbocycles. The highest BCUT2D eigenvalue weighted by Gasteiger charge is 2.03. The topological polar surface area (TPSA) is 33.0 Å². The molecular weight excluding hydrogens is 126 g/mol. The van der Waals surface area contributed by atoms with Gasteiger partial charge in [-0.15, -0.1) is 0 Å². The molecule has 0 aromatic rings. The summed E-state index contributed by atoms with van der Waals surface area (Å²) >= 11 is 0. The normalized spacial score (nSPS) is 12.5. The first-order valence-corrected chi connectivity index (χ1v) is 3.86. The van der Waals surface area contributed by atoms with Crippen LogP contribution in [-0.2, 0) is 4.74 Å². The van der Waals surface area contributed by atoms with E-state index in [0.29, 0.717) is 6.61 Å². The van der Waals surface area contributed by atoms with Gasteiger partial charge in [0.05, 0.1) is 6.07 Å². The standard InChI is InChI=1S/C8H15NO/c1-3-5-6-8(7-9)10-4-2/h8H,3-6H2,1-2H3. The maximum Gasteiger partial charge on any atom is 0.143 e. The Bertz CT molecular complexity index is 106. The van der Waals surface area contributed by atoms with Crippen molar-refractivity contribution in [1.29, 1.82) is 5.26 Å². The lowest BCUT2D eigenvalue weighted by Crippen LogP contribution is -2.09. The predicted octanol–water partition coefficient (Wildman–Crippen LogP) is 2.11. The summed E-state index contributed by atoms with van der Waals surface area (Å²) in [7, 11) is 0. The fourth-order valence-electron chi connectivity index (χ4n) is 0.776. The van der Waals surface area contributed by atoms with Crippen molar-refractivity contribution in [1.82, 2.24) is 0 Å². The number of unbranched alkanes of at least 4 members (excludes halogenated alkanes) is 1. The molecule has 0 aliphatic heterocycles. The summed E-state index contributed by atoms with van der Waals surface area (Å²) in [5, 5.41) is 8.51. The van der Waals surface area contributed by atoms with Crippen LogP contribution in [0.2, 0.25) is 0 Å². The van der Waals surface area contributed by atoms with Crippen LogP contribution in [0.25, 0.3) is 0 Å². The average molecular weight is 141 g/mol. The van der Waals surface area contributed by atoms with Crippen LogP contribution < -0.4 is 0 Å². The highest BCUT2D eigenvalue weighted by Crippen LogP contribution is 2.02. The molecule has 0 amide bonds. The maximum absolute atomic E-state index is 8.51. The van der Waals surface area contributed by atoms with Crippen LogP contribution >= 0.6 is 0 Å². The van der Waals surface area contributed by atoms with E-state index in [4.69, 9.17) is 10.00 Å². The van der Waals surface area contributed by atoms with Crippen LogP contribution in [0, 0.1) is 11.3 Å². The summed E-state index contributed by atoms with van der Waals surface area (Å²) in [5.41, 5.74) is 0. The second-order valence-corrected chi connectivity index (χ2v) is 2.22. The molecule has 0 aromatic heterocycles.